The Balaban J connectivity index is 2.02. The molecule has 2 aromatic rings. The van der Waals surface area contributed by atoms with Crippen molar-refractivity contribution < 1.29 is 0 Å². The van der Waals surface area contributed by atoms with Crippen molar-refractivity contribution in [2.24, 2.45) is 0 Å². The van der Waals surface area contributed by atoms with Crippen LogP contribution in [0.2, 0.25) is 5.02 Å². The molecule has 2 aromatic carbocycles. The third-order valence-electron chi connectivity index (χ3n) is 2.53. The van der Waals surface area contributed by atoms with E-state index in [-0.39, 0.29) is 0 Å². The van der Waals surface area contributed by atoms with E-state index < -0.39 is 0 Å². The number of benzene rings is 2. The Hall–Kier alpha value is -0.990. The van der Waals surface area contributed by atoms with Crippen LogP contribution >= 0.6 is 27.5 Å². The van der Waals surface area contributed by atoms with Crippen LogP contribution < -0.4 is 5.32 Å². The lowest BCUT2D eigenvalue weighted by Gasteiger charge is -2.07. The van der Waals surface area contributed by atoms with Gasteiger partial charge in [0.25, 0.3) is 0 Å². The molecule has 1 N–H and O–H groups in total. The van der Waals surface area contributed by atoms with Gasteiger partial charge < -0.3 is 5.32 Å². The molecule has 0 aliphatic heterocycles. The van der Waals surface area contributed by atoms with Gasteiger partial charge in [-0.25, -0.2) is 0 Å². The van der Waals surface area contributed by atoms with Crippen molar-refractivity contribution in [3.8, 4) is 0 Å². The van der Waals surface area contributed by atoms with Crippen LogP contribution in [0.1, 0.15) is 11.1 Å². The van der Waals surface area contributed by atoms with Gasteiger partial charge in [0.05, 0.1) is 5.02 Å². The van der Waals surface area contributed by atoms with Crippen LogP contribution in [0.25, 0.3) is 0 Å². The molecule has 0 unspecified atom stereocenters. The van der Waals surface area contributed by atoms with Crippen molar-refractivity contribution in [2.75, 3.05) is 5.32 Å². The van der Waals surface area contributed by atoms with E-state index in [0.717, 1.165) is 21.7 Å². The molecule has 0 atom stereocenters. The number of anilines is 1. The van der Waals surface area contributed by atoms with Gasteiger partial charge in [0.15, 0.2) is 0 Å². The molecular weight excluding hydrogens is 298 g/mol. The first-order chi connectivity index (χ1) is 8.15. The van der Waals surface area contributed by atoms with Gasteiger partial charge in [0.2, 0.25) is 0 Å². The molecule has 17 heavy (non-hydrogen) atoms. The lowest BCUT2D eigenvalue weighted by molar-refractivity contribution is 1.14. The molecule has 0 heterocycles. The van der Waals surface area contributed by atoms with Crippen molar-refractivity contribution in [1.29, 1.82) is 0 Å². The van der Waals surface area contributed by atoms with Gasteiger partial charge in [0, 0.05) is 16.7 Å². The van der Waals surface area contributed by atoms with Gasteiger partial charge in [-0.05, 0) is 52.7 Å². The second-order valence-electron chi connectivity index (χ2n) is 3.97. The van der Waals surface area contributed by atoms with Gasteiger partial charge in [-0.3, -0.25) is 0 Å². The molecule has 88 valence electrons. The predicted molar refractivity (Wildman–Crippen MR) is 77.7 cm³/mol. The summed E-state index contributed by atoms with van der Waals surface area (Å²) in [7, 11) is 0. The van der Waals surface area contributed by atoms with E-state index in [4.69, 9.17) is 11.6 Å². The van der Waals surface area contributed by atoms with Crippen LogP contribution in [0.5, 0.6) is 0 Å². The molecule has 0 amide bonds. The summed E-state index contributed by atoms with van der Waals surface area (Å²) in [6, 6.07) is 14.3. The smallest absolute Gasteiger partial charge is 0.0548 e. The van der Waals surface area contributed by atoms with Gasteiger partial charge in [-0.1, -0.05) is 35.4 Å². The zero-order chi connectivity index (χ0) is 12.3. The Labute approximate surface area is 115 Å². The normalized spacial score (nSPS) is 10.3. The molecule has 1 nitrogen and oxygen atoms in total. The summed E-state index contributed by atoms with van der Waals surface area (Å²) in [6.07, 6.45) is 0. The Morgan fingerprint density at radius 2 is 1.82 bits per heavy atom. The van der Waals surface area contributed by atoms with Crippen molar-refractivity contribution >= 4 is 33.2 Å². The summed E-state index contributed by atoms with van der Waals surface area (Å²) in [4.78, 5) is 0. The minimum atomic E-state index is 0.740. The van der Waals surface area contributed by atoms with E-state index in [1.807, 2.05) is 18.2 Å². The molecule has 0 spiro atoms. The third kappa shape index (κ3) is 3.48. The molecule has 3 heteroatoms. The van der Waals surface area contributed by atoms with Crippen molar-refractivity contribution in [3.63, 3.8) is 0 Å². The molecule has 0 saturated carbocycles. The number of halogens is 2. The van der Waals surface area contributed by atoms with E-state index in [1.165, 1.54) is 11.1 Å². The second-order valence-corrected chi connectivity index (χ2v) is 5.23. The minimum absolute atomic E-state index is 0.740. The van der Waals surface area contributed by atoms with Crippen LogP contribution in [0.3, 0.4) is 0 Å². The van der Waals surface area contributed by atoms with Gasteiger partial charge in [-0.15, -0.1) is 0 Å². The Bertz CT molecular complexity index is 508. The van der Waals surface area contributed by atoms with E-state index in [1.54, 1.807) is 0 Å². The Morgan fingerprint density at radius 3 is 2.47 bits per heavy atom. The molecular formula is C14H13BrClN. The highest BCUT2D eigenvalue weighted by atomic mass is 79.9. The van der Waals surface area contributed by atoms with Gasteiger partial charge >= 0.3 is 0 Å². The Morgan fingerprint density at radius 1 is 1.12 bits per heavy atom. The number of hydrogen-bond donors (Lipinski definition) is 1. The summed E-state index contributed by atoms with van der Waals surface area (Å²) in [5.74, 6) is 0. The van der Waals surface area contributed by atoms with Crippen LogP contribution in [0, 0.1) is 6.92 Å². The van der Waals surface area contributed by atoms with Crippen molar-refractivity contribution in [2.45, 2.75) is 13.5 Å². The maximum Gasteiger partial charge on any atom is 0.0548 e. The topological polar surface area (TPSA) is 12.0 Å². The second kappa shape index (κ2) is 5.56. The monoisotopic (exact) mass is 309 g/mol. The molecule has 0 fully saturated rings. The largest absolute Gasteiger partial charge is 0.381 e. The first-order valence-electron chi connectivity index (χ1n) is 5.39. The SMILES string of the molecule is Cc1ccc(NCc2ccc(Cl)c(Br)c2)cc1. The number of rotatable bonds is 3. The maximum atomic E-state index is 5.95. The van der Waals surface area contributed by atoms with Gasteiger partial charge in [0.1, 0.15) is 0 Å². The molecule has 0 bridgehead atoms. The highest BCUT2D eigenvalue weighted by Crippen LogP contribution is 2.23. The number of hydrogen-bond acceptors (Lipinski definition) is 1. The number of aryl methyl sites for hydroxylation is 1. The van der Waals surface area contributed by atoms with Crippen LogP contribution in [-0.2, 0) is 6.54 Å². The quantitative estimate of drug-likeness (QED) is 0.839. The average molecular weight is 311 g/mol. The Kier molecular flexibility index (Phi) is 4.08. The summed E-state index contributed by atoms with van der Waals surface area (Å²) in [5.41, 5.74) is 3.59. The lowest BCUT2D eigenvalue weighted by atomic mass is 10.2. The summed E-state index contributed by atoms with van der Waals surface area (Å²) in [5, 5.41) is 4.11. The predicted octanol–water partition coefficient (Wildman–Crippen LogP) is 5.02. The molecule has 0 aromatic heterocycles. The molecule has 2 rings (SSSR count). The van der Waals surface area contributed by atoms with E-state index >= 15 is 0 Å². The maximum absolute atomic E-state index is 5.95. The van der Waals surface area contributed by atoms with Crippen LogP contribution in [-0.4, -0.2) is 0 Å². The van der Waals surface area contributed by atoms with Crippen molar-refractivity contribution in [1.82, 2.24) is 0 Å². The van der Waals surface area contributed by atoms with Gasteiger partial charge in [-0.2, -0.15) is 0 Å². The molecule has 0 saturated heterocycles. The molecule has 0 aliphatic carbocycles. The third-order valence-corrected chi connectivity index (χ3v) is 3.75. The zero-order valence-corrected chi connectivity index (χ0v) is 11.8. The highest BCUT2D eigenvalue weighted by molar-refractivity contribution is 9.10. The highest BCUT2D eigenvalue weighted by Gasteiger charge is 1.99. The molecule has 0 aliphatic rings. The standard InChI is InChI=1S/C14H13BrClN/c1-10-2-5-12(6-3-10)17-9-11-4-7-14(16)13(15)8-11/h2-8,17H,9H2,1H3. The summed E-state index contributed by atoms with van der Waals surface area (Å²) < 4.78 is 0.933. The van der Waals surface area contributed by atoms with E-state index in [9.17, 15) is 0 Å². The first kappa shape index (κ1) is 12.5. The lowest BCUT2D eigenvalue weighted by Crippen LogP contribution is -1.99. The first-order valence-corrected chi connectivity index (χ1v) is 6.57. The minimum Gasteiger partial charge on any atom is -0.381 e. The van der Waals surface area contributed by atoms with Crippen LogP contribution in [0.15, 0.2) is 46.9 Å². The fourth-order valence-electron chi connectivity index (χ4n) is 1.53. The van der Waals surface area contributed by atoms with E-state index in [0.29, 0.717) is 0 Å². The van der Waals surface area contributed by atoms with E-state index in [2.05, 4.69) is 52.4 Å². The summed E-state index contributed by atoms with van der Waals surface area (Å²) in [6.45, 7) is 2.87. The zero-order valence-electron chi connectivity index (χ0n) is 9.50. The average Bonchev–Trinajstić information content (AvgIpc) is 2.33. The van der Waals surface area contributed by atoms with Crippen molar-refractivity contribution in [3.05, 3.63) is 63.1 Å². The summed E-state index contributed by atoms with van der Waals surface area (Å²) >= 11 is 9.37. The fraction of sp³-hybridized carbons (Fsp3) is 0.143. The van der Waals surface area contributed by atoms with Crippen LogP contribution in [0.4, 0.5) is 5.69 Å². The fourth-order valence-corrected chi connectivity index (χ4v) is 2.07. The molecule has 0 radical (unpaired) electrons. The number of nitrogens with one attached hydrogen (secondary N) is 1.